The standard InChI is InChI=1S/C19H27N5O4/c1-22(18(25)8-6-15-11-17(27-2)21-28-15)14-5-7-16-20-24(12-13-3-4-13)19(26)23(16)10-9-14/h11,13-14H,3-10,12H2,1-2H3. The highest BCUT2D eigenvalue weighted by atomic mass is 16.5. The minimum absolute atomic E-state index is 0.00389. The molecule has 0 radical (unpaired) electrons. The van der Waals surface area contributed by atoms with Crippen LogP contribution in [0, 0.1) is 5.92 Å². The van der Waals surface area contributed by atoms with Crippen molar-refractivity contribution in [3.63, 3.8) is 0 Å². The Morgan fingerprint density at radius 2 is 2.18 bits per heavy atom. The Kier molecular flexibility index (Phi) is 5.23. The number of carbonyl (C=O) groups is 1. The molecule has 4 rings (SSSR count). The molecule has 9 nitrogen and oxygen atoms in total. The molecule has 28 heavy (non-hydrogen) atoms. The topological polar surface area (TPSA) is 95.4 Å². The number of rotatable bonds is 7. The van der Waals surface area contributed by atoms with E-state index in [4.69, 9.17) is 9.26 Å². The molecular weight excluding hydrogens is 362 g/mol. The Balaban J connectivity index is 1.33. The fraction of sp³-hybridized carbons (Fsp3) is 0.684. The van der Waals surface area contributed by atoms with Crippen LogP contribution in [0.5, 0.6) is 5.88 Å². The average Bonchev–Trinajstić information content (AvgIpc) is 3.37. The highest BCUT2D eigenvalue weighted by Crippen LogP contribution is 2.30. The molecule has 9 heteroatoms. The van der Waals surface area contributed by atoms with Gasteiger partial charge in [0.15, 0.2) is 0 Å². The molecule has 0 saturated heterocycles. The van der Waals surface area contributed by atoms with E-state index in [0.717, 1.165) is 25.2 Å². The van der Waals surface area contributed by atoms with Crippen molar-refractivity contribution >= 4 is 5.91 Å². The Labute approximate surface area is 163 Å². The van der Waals surface area contributed by atoms with Gasteiger partial charge in [-0.05, 0) is 36.8 Å². The SMILES string of the molecule is COc1cc(CCC(=O)N(C)C2CCc3nn(CC4CC4)c(=O)n3CC2)on1. The average molecular weight is 389 g/mol. The number of hydrogen-bond acceptors (Lipinski definition) is 6. The van der Waals surface area contributed by atoms with E-state index in [0.29, 0.717) is 43.4 Å². The molecule has 2 aliphatic rings. The van der Waals surface area contributed by atoms with Gasteiger partial charge in [0.25, 0.3) is 5.88 Å². The number of ether oxygens (including phenoxy) is 1. The second-order valence-electron chi connectivity index (χ2n) is 7.80. The van der Waals surface area contributed by atoms with Gasteiger partial charge in [-0.3, -0.25) is 9.36 Å². The molecule has 0 aromatic carbocycles. The summed E-state index contributed by atoms with van der Waals surface area (Å²) < 4.78 is 13.6. The summed E-state index contributed by atoms with van der Waals surface area (Å²) in [5.41, 5.74) is -0.00389. The summed E-state index contributed by atoms with van der Waals surface area (Å²) in [5.74, 6) is 2.59. The fourth-order valence-electron chi connectivity index (χ4n) is 3.78. The number of amides is 1. The molecule has 1 aliphatic carbocycles. The van der Waals surface area contributed by atoms with Crippen molar-refractivity contribution in [2.45, 2.75) is 64.1 Å². The van der Waals surface area contributed by atoms with Crippen LogP contribution in [0.2, 0.25) is 0 Å². The summed E-state index contributed by atoms with van der Waals surface area (Å²) in [6, 6.07) is 1.81. The van der Waals surface area contributed by atoms with E-state index >= 15 is 0 Å². The number of fused-ring (bicyclic) bond motifs is 1. The van der Waals surface area contributed by atoms with Gasteiger partial charge in [0.2, 0.25) is 5.91 Å². The van der Waals surface area contributed by atoms with Crippen LogP contribution in [-0.4, -0.2) is 50.5 Å². The maximum atomic E-state index is 12.6. The Morgan fingerprint density at radius 1 is 1.36 bits per heavy atom. The molecule has 2 aromatic heterocycles. The Morgan fingerprint density at radius 3 is 2.89 bits per heavy atom. The molecule has 0 bridgehead atoms. The van der Waals surface area contributed by atoms with Gasteiger partial charge < -0.3 is 14.2 Å². The minimum atomic E-state index is -0.00389. The van der Waals surface area contributed by atoms with E-state index in [9.17, 15) is 9.59 Å². The molecule has 2 aromatic rings. The highest BCUT2D eigenvalue weighted by molar-refractivity contribution is 5.76. The van der Waals surface area contributed by atoms with Crippen molar-refractivity contribution in [2.75, 3.05) is 14.2 Å². The van der Waals surface area contributed by atoms with E-state index in [2.05, 4.69) is 10.3 Å². The predicted octanol–water partition coefficient (Wildman–Crippen LogP) is 1.25. The van der Waals surface area contributed by atoms with Crippen molar-refractivity contribution in [2.24, 2.45) is 5.92 Å². The maximum Gasteiger partial charge on any atom is 0.345 e. The van der Waals surface area contributed by atoms with Crippen molar-refractivity contribution in [3.05, 3.63) is 28.1 Å². The van der Waals surface area contributed by atoms with E-state index in [-0.39, 0.29) is 17.6 Å². The lowest BCUT2D eigenvalue weighted by atomic mass is 10.1. The first-order chi connectivity index (χ1) is 13.5. The largest absolute Gasteiger partial charge is 0.479 e. The molecular formula is C19H27N5O4. The predicted molar refractivity (Wildman–Crippen MR) is 100 cm³/mol. The van der Waals surface area contributed by atoms with Crippen LogP contribution in [0.4, 0.5) is 0 Å². The Hall–Kier alpha value is -2.58. The summed E-state index contributed by atoms with van der Waals surface area (Å²) in [7, 11) is 3.37. The lowest BCUT2D eigenvalue weighted by Gasteiger charge is -2.27. The third-order valence-electron chi connectivity index (χ3n) is 5.79. The van der Waals surface area contributed by atoms with Gasteiger partial charge in [0, 0.05) is 51.5 Å². The quantitative estimate of drug-likeness (QED) is 0.707. The molecule has 152 valence electrons. The van der Waals surface area contributed by atoms with Crippen LogP contribution in [-0.2, 0) is 30.7 Å². The monoisotopic (exact) mass is 389 g/mol. The molecule has 1 saturated carbocycles. The molecule has 1 atom stereocenters. The number of carbonyl (C=O) groups excluding carboxylic acids is 1. The molecule has 3 heterocycles. The minimum Gasteiger partial charge on any atom is -0.479 e. The summed E-state index contributed by atoms with van der Waals surface area (Å²) in [6.45, 7) is 1.35. The number of methoxy groups -OCH3 is 1. The van der Waals surface area contributed by atoms with E-state index in [1.807, 2.05) is 11.9 Å². The highest BCUT2D eigenvalue weighted by Gasteiger charge is 2.28. The van der Waals surface area contributed by atoms with Crippen molar-refractivity contribution in [3.8, 4) is 5.88 Å². The summed E-state index contributed by atoms with van der Waals surface area (Å²) in [4.78, 5) is 27.0. The van der Waals surface area contributed by atoms with Gasteiger partial charge in [-0.15, -0.1) is 0 Å². The number of aryl methyl sites for hydroxylation is 2. The molecule has 1 aliphatic heterocycles. The van der Waals surface area contributed by atoms with E-state index in [1.54, 1.807) is 15.3 Å². The van der Waals surface area contributed by atoms with Gasteiger partial charge in [0.05, 0.1) is 7.11 Å². The molecule has 0 N–H and O–H groups in total. The third kappa shape index (κ3) is 3.98. The van der Waals surface area contributed by atoms with Crippen molar-refractivity contribution in [1.82, 2.24) is 24.4 Å². The zero-order valence-corrected chi connectivity index (χ0v) is 16.5. The molecule has 1 amide bonds. The summed E-state index contributed by atoms with van der Waals surface area (Å²) in [6.07, 6.45) is 5.53. The van der Waals surface area contributed by atoms with Crippen molar-refractivity contribution in [1.29, 1.82) is 0 Å². The smallest absolute Gasteiger partial charge is 0.345 e. The lowest BCUT2D eigenvalue weighted by molar-refractivity contribution is -0.132. The lowest BCUT2D eigenvalue weighted by Crippen LogP contribution is -2.38. The first-order valence-electron chi connectivity index (χ1n) is 9.97. The number of aromatic nitrogens is 4. The van der Waals surface area contributed by atoms with E-state index < -0.39 is 0 Å². The van der Waals surface area contributed by atoms with Gasteiger partial charge in [-0.1, -0.05) is 0 Å². The van der Waals surface area contributed by atoms with Crippen LogP contribution in [0.3, 0.4) is 0 Å². The summed E-state index contributed by atoms with van der Waals surface area (Å²) in [5, 5.41) is 8.30. The van der Waals surface area contributed by atoms with Gasteiger partial charge in [-0.2, -0.15) is 5.10 Å². The first kappa shape index (κ1) is 18.8. The second kappa shape index (κ2) is 7.81. The molecule has 0 spiro atoms. The van der Waals surface area contributed by atoms with Gasteiger partial charge >= 0.3 is 5.69 Å². The third-order valence-corrected chi connectivity index (χ3v) is 5.79. The number of nitrogens with zero attached hydrogens (tertiary/aromatic N) is 5. The van der Waals surface area contributed by atoms with Gasteiger partial charge in [-0.25, -0.2) is 9.48 Å². The summed E-state index contributed by atoms with van der Waals surface area (Å²) >= 11 is 0. The van der Waals surface area contributed by atoms with Crippen LogP contribution < -0.4 is 10.4 Å². The zero-order chi connectivity index (χ0) is 19.7. The van der Waals surface area contributed by atoms with Crippen LogP contribution in [0.1, 0.15) is 43.7 Å². The molecule has 1 fully saturated rings. The van der Waals surface area contributed by atoms with Crippen LogP contribution in [0.25, 0.3) is 0 Å². The zero-order valence-electron chi connectivity index (χ0n) is 16.5. The second-order valence-corrected chi connectivity index (χ2v) is 7.80. The van der Waals surface area contributed by atoms with Gasteiger partial charge in [0.1, 0.15) is 11.6 Å². The van der Waals surface area contributed by atoms with Crippen LogP contribution in [0.15, 0.2) is 15.4 Å². The first-order valence-corrected chi connectivity index (χ1v) is 9.97. The Bertz CT molecular complexity index is 895. The maximum absolute atomic E-state index is 12.6. The fourth-order valence-corrected chi connectivity index (χ4v) is 3.78. The van der Waals surface area contributed by atoms with E-state index in [1.165, 1.54) is 20.0 Å². The van der Waals surface area contributed by atoms with Crippen molar-refractivity contribution < 1.29 is 14.1 Å². The van der Waals surface area contributed by atoms with Crippen LogP contribution >= 0.6 is 0 Å². The normalized spacial score (nSPS) is 19.1. The number of hydrogen-bond donors (Lipinski definition) is 0. The molecule has 1 unspecified atom stereocenters.